The third kappa shape index (κ3) is 2.87. The Morgan fingerprint density at radius 3 is 2.75 bits per heavy atom. The van der Waals surface area contributed by atoms with Gasteiger partial charge in [-0.15, -0.1) is 0 Å². The fraction of sp³-hybridized carbons (Fsp3) is 0.429. The molecule has 1 N–H and O–H groups in total. The molecular weight excluding hydrogens is 278 g/mol. The van der Waals surface area contributed by atoms with E-state index in [2.05, 4.69) is 6.08 Å². The monoisotopic (exact) mass is 297 g/mol. The first-order chi connectivity index (χ1) is 9.48. The fourth-order valence-corrected chi connectivity index (χ4v) is 3.88. The van der Waals surface area contributed by atoms with Crippen molar-refractivity contribution in [2.24, 2.45) is 0 Å². The van der Waals surface area contributed by atoms with Crippen LogP contribution in [0.4, 0.5) is 0 Å². The predicted molar refractivity (Wildman–Crippen MR) is 76.0 cm³/mol. The van der Waals surface area contributed by atoms with Gasteiger partial charge in [0.1, 0.15) is 10.6 Å². The summed E-state index contributed by atoms with van der Waals surface area (Å²) in [7, 11) is -2.15. The van der Waals surface area contributed by atoms with E-state index in [1.165, 1.54) is 17.5 Å². The van der Waals surface area contributed by atoms with Crippen molar-refractivity contribution in [1.29, 1.82) is 0 Å². The number of benzene rings is 1. The molecule has 0 radical (unpaired) electrons. The van der Waals surface area contributed by atoms with Crippen LogP contribution in [0.2, 0.25) is 0 Å². The third-order valence-corrected chi connectivity index (χ3v) is 5.21. The molecule has 1 aliphatic rings. The van der Waals surface area contributed by atoms with E-state index in [1.807, 2.05) is 6.92 Å². The van der Waals surface area contributed by atoms with Crippen molar-refractivity contribution in [3.8, 4) is 5.75 Å². The van der Waals surface area contributed by atoms with Gasteiger partial charge in [-0.05, 0) is 31.0 Å². The Morgan fingerprint density at radius 1 is 1.40 bits per heavy atom. The summed E-state index contributed by atoms with van der Waals surface area (Å²) in [5.74, 6) is 0.267. The van der Waals surface area contributed by atoms with Crippen LogP contribution in [-0.4, -0.2) is 38.0 Å². The molecule has 1 aromatic rings. The van der Waals surface area contributed by atoms with Gasteiger partial charge in [-0.1, -0.05) is 17.7 Å². The van der Waals surface area contributed by atoms with Crippen molar-refractivity contribution in [1.82, 2.24) is 4.31 Å². The number of sulfonamides is 1. The summed E-state index contributed by atoms with van der Waals surface area (Å²) < 4.78 is 32.0. The highest BCUT2D eigenvalue weighted by molar-refractivity contribution is 7.89. The van der Waals surface area contributed by atoms with Gasteiger partial charge in [0.25, 0.3) is 0 Å². The van der Waals surface area contributed by atoms with E-state index in [4.69, 9.17) is 9.84 Å². The van der Waals surface area contributed by atoms with Gasteiger partial charge < -0.3 is 9.84 Å². The first-order valence-electron chi connectivity index (χ1n) is 6.42. The lowest BCUT2D eigenvalue weighted by Crippen LogP contribution is -2.35. The van der Waals surface area contributed by atoms with Crippen molar-refractivity contribution in [3.05, 3.63) is 35.4 Å². The lowest BCUT2D eigenvalue weighted by atomic mass is 10.2. The normalized spacial score (nSPS) is 16.9. The standard InChI is InChI=1S/C14H19NO4S/c1-11-4-3-7-15(9-11)20(17,18)14-6-5-12(10-16)8-13(14)19-2/h4-6,8,16H,3,7,9-10H2,1-2H3. The molecule has 5 nitrogen and oxygen atoms in total. The minimum absolute atomic E-state index is 0.145. The van der Waals surface area contributed by atoms with Gasteiger partial charge in [-0.2, -0.15) is 4.31 Å². The van der Waals surface area contributed by atoms with Gasteiger partial charge in [0.2, 0.25) is 10.0 Å². The van der Waals surface area contributed by atoms with E-state index < -0.39 is 10.0 Å². The minimum Gasteiger partial charge on any atom is -0.495 e. The van der Waals surface area contributed by atoms with E-state index >= 15 is 0 Å². The first-order valence-corrected chi connectivity index (χ1v) is 7.86. The fourth-order valence-electron chi connectivity index (χ4n) is 2.24. The quantitative estimate of drug-likeness (QED) is 0.856. The number of aliphatic hydroxyl groups excluding tert-OH is 1. The van der Waals surface area contributed by atoms with Crippen LogP contribution in [0.25, 0.3) is 0 Å². The second-order valence-corrected chi connectivity index (χ2v) is 6.73. The molecule has 0 amide bonds. The van der Waals surface area contributed by atoms with E-state index in [-0.39, 0.29) is 17.3 Å². The molecule has 110 valence electrons. The molecule has 6 heteroatoms. The van der Waals surface area contributed by atoms with Crippen molar-refractivity contribution < 1.29 is 18.3 Å². The number of hydrogen-bond acceptors (Lipinski definition) is 4. The number of hydrogen-bond donors (Lipinski definition) is 1. The number of aliphatic hydroxyl groups is 1. The largest absolute Gasteiger partial charge is 0.495 e. The average Bonchev–Trinajstić information content (AvgIpc) is 2.46. The Bertz CT molecular complexity index is 622. The van der Waals surface area contributed by atoms with Crippen LogP contribution in [0.1, 0.15) is 18.9 Å². The van der Waals surface area contributed by atoms with E-state index in [1.54, 1.807) is 12.1 Å². The lowest BCUT2D eigenvalue weighted by Gasteiger charge is -2.26. The smallest absolute Gasteiger partial charge is 0.247 e. The Balaban J connectivity index is 2.41. The molecular formula is C14H19NO4S. The van der Waals surface area contributed by atoms with Gasteiger partial charge >= 0.3 is 0 Å². The molecule has 0 spiro atoms. The molecule has 1 aromatic carbocycles. The van der Waals surface area contributed by atoms with Crippen LogP contribution in [0.3, 0.4) is 0 Å². The zero-order valence-electron chi connectivity index (χ0n) is 11.7. The lowest BCUT2D eigenvalue weighted by molar-refractivity contribution is 0.280. The van der Waals surface area contributed by atoms with Gasteiger partial charge in [0, 0.05) is 13.1 Å². The second-order valence-electron chi connectivity index (χ2n) is 4.82. The molecule has 0 unspecified atom stereocenters. The van der Waals surface area contributed by atoms with Gasteiger partial charge in [-0.3, -0.25) is 0 Å². The number of ether oxygens (including phenoxy) is 1. The molecule has 1 aliphatic heterocycles. The Labute approximate surface area is 119 Å². The van der Waals surface area contributed by atoms with E-state index in [0.717, 1.165) is 12.0 Å². The van der Waals surface area contributed by atoms with E-state index in [9.17, 15) is 8.42 Å². The van der Waals surface area contributed by atoms with Gasteiger partial charge in [0.05, 0.1) is 13.7 Å². The maximum absolute atomic E-state index is 12.7. The molecule has 0 atom stereocenters. The van der Waals surface area contributed by atoms with Gasteiger partial charge in [0.15, 0.2) is 0 Å². The van der Waals surface area contributed by atoms with Crippen molar-refractivity contribution in [3.63, 3.8) is 0 Å². The molecule has 1 heterocycles. The summed E-state index contributed by atoms with van der Waals surface area (Å²) >= 11 is 0. The molecule has 0 aliphatic carbocycles. The molecule has 0 bridgehead atoms. The zero-order chi connectivity index (χ0) is 14.8. The maximum atomic E-state index is 12.7. The SMILES string of the molecule is COc1cc(CO)ccc1S(=O)(=O)N1CCC=C(C)C1. The van der Waals surface area contributed by atoms with Crippen LogP contribution in [0, 0.1) is 0 Å². The molecule has 20 heavy (non-hydrogen) atoms. The van der Waals surface area contributed by atoms with Crippen LogP contribution in [0.5, 0.6) is 5.75 Å². The van der Waals surface area contributed by atoms with Gasteiger partial charge in [-0.25, -0.2) is 8.42 Å². The highest BCUT2D eigenvalue weighted by Crippen LogP contribution is 2.29. The van der Waals surface area contributed by atoms with Crippen molar-refractivity contribution in [2.45, 2.75) is 24.8 Å². The molecule has 2 rings (SSSR count). The maximum Gasteiger partial charge on any atom is 0.247 e. The van der Waals surface area contributed by atoms with E-state index in [0.29, 0.717) is 18.7 Å². The predicted octanol–water partition coefficient (Wildman–Crippen LogP) is 1.53. The number of rotatable bonds is 4. The highest BCUT2D eigenvalue weighted by Gasteiger charge is 2.28. The minimum atomic E-state index is -3.58. The van der Waals surface area contributed by atoms with Crippen LogP contribution >= 0.6 is 0 Å². The van der Waals surface area contributed by atoms with Crippen LogP contribution in [0.15, 0.2) is 34.7 Å². The summed E-state index contributed by atoms with van der Waals surface area (Å²) in [6.45, 7) is 2.66. The third-order valence-electron chi connectivity index (χ3n) is 3.33. The first kappa shape index (κ1) is 15.0. The summed E-state index contributed by atoms with van der Waals surface area (Å²) in [5.41, 5.74) is 1.67. The van der Waals surface area contributed by atoms with Crippen molar-refractivity contribution >= 4 is 10.0 Å². The van der Waals surface area contributed by atoms with Crippen LogP contribution in [-0.2, 0) is 16.6 Å². The summed E-state index contributed by atoms with van der Waals surface area (Å²) in [6, 6.07) is 4.65. The number of nitrogens with zero attached hydrogens (tertiary/aromatic N) is 1. The summed E-state index contributed by atoms with van der Waals surface area (Å²) in [6.07, 6.45) is 2.78. The second kappa shape index (κ2) is 5.95. The Morgan fingerprint density at radius 2 is 2.15 bits per heavy atom. The number of methoxy groups -OCH3 is 1. The molecule has 0 saturated heterocycles. The zero-order valence-corrected chi connectivity index (χ0v) is 12.5. The van der Waals surface area contributed by atoms with Crippen LogP contribution < -0.4 is 4.74 Å². The Hall–Kier alpha value is -1.37. The summed E-state index contributed by atoms with van der Waals surface area (Å²) in [5, 5.41) is 9.11. The molecule has 0 saturated carbocycles. The highest BCUT2D eigenvalue weighted by atomic mass is 32.2. The Kier molecular flexibility index (Phi) is 4.47. The van der Waals surface area contributed by atoms with Crippen molar-refractivity contribution in [2.75, 3.05) is 20.2 Å². The summed E-state index contributed by atoms with van der Waals surface area (Å²) in [4.78, 5) is 0.145. The topological polar surface area (TPSA) is 66.8 Å². The molecule has 0 fully saturated rings. The molecule has 0 aromatic heterocycles. The average molecular weight is 297 g/mol.